The highest BCUT2D eigenvalue weighted by Crippen LogP contribution is 2.45. The minimum absolute atomic E-state index is 0.0222. The number of alkyl halides is 6. The third-order valence-corrected chi connectivity index (χ3v) is 11.1. The van der Waals surface area contributed by atoms with E-state index in [0.29, 0.717) is 36.7 Å². The van der Waals surface area contributed by atoms with Crippen LogP contribution in [0.5, 0.6) is 11.5 Å². The molecule has 302 valence electrons. The van der Waals surface area contributed by atoms with Gasteiger partial charge in [0.05, 0.1) is 29.7 Å². The van der Waals surface area contributed by atoms with Crippen LogP contribution in [0.2, 0.25) is 0 Å². The first-order valence-electron chi connectivity index (χ1n) is 18.0. The van der Waals surface area contributed by atoms with E-state index in [9.17, 15) is 50.4 Å². The van der Waals surface area contributed by atoms with E-state index in [1.807, 2.05) is 0 Å². The molecule has 2 amide bonds. The van der Waals surface area contributed by atoms with Crippen LogP contribution < -0.4 is 9.47 Å². The fraction of sp³-hybridized carbons (Fsp3) is 0.500. The van der Waals surface area contributed by atoms with Crippen LogP contribution >= 0.6 is 11.3 Å². The lowest BCUT2D eigenvalue weighted by Crippen LogP contribution is -2.68. The molecule has 0 bridgehead atoms. The van der Waals surface area contributed by atoms with Crippen LogP contribution in [0.1, 0.15) is 91.2 Å². The number of hydrogen-bond donors (Lipinski definition) is 1. The number of nitrogens with zero attached hydrogens (tertiary/aromatic N) is 4. The van der Waals surface area contributed by atoms with E-state index in [-0.39, 0.29) is 81.8 Å². The highest BCUT2D eigenvalue weighted by Gasteiger charge is 2.57. The predicted octanol–water partition coefficient (Wildman–Crippen LogP) is 8.26. The van der Waals surface area contributed by atoms with Gasteiger partial charge in [0, 0.05) is 55.7 Å². The molecule has 5 rings (SSSR count). The van der Waals surface area contributed by atoms with Gasteiger partial charge in [-0.2, -0.15) is 31.6 Å². The maximum Gasteiger partial charge on any atom is 0.425 e. The zero-order valence-corrected chi connectivity index (χ0v) is 31.0. The summed E-state index contributed by atoms with van der Waals surface area (Å²) in [6, 6.07) is 7.18. The topological polar surface area (TPSA) is 133 Å². The number of piperidine rings is 2. The average molecular weight is 813 g/mol. The summed E-state index contributed by atoms with van der Waals surface area (Å²) in [5.41, 5.74) is -5.38. The molecule has 0 saturated carbocycles. The fourth-order valence-electron chi connectivity index (χ4n) is 7.44. The summed E-state index contributed by atoms with van der Waals surface area (Å²) in [6.07, 6.45) is -7.84. The number of unbranched alkanes of at least 4 members (excludes halogenated alkanes) is 1. The van der Waals surface area contributed by atoms with E-state index in [0.717, 1.165) is 34.7 Å². The number of carboxylic acid groups (broad SMARTS) is 1. The Kier molecular flexibility index (Phi) is 12.9. The van der Waals surface area contributed by atoms with Crippen molar-refractivity contribution in [3.8, 4) is 17.6 Å². The minimum Gasteiger partial charge on any atom is -0.493 e. The van der Waals surface area contributed by atoms with Gasteiger partial charge in [-0.25, -0.2) is 4.39 Å². The molecule has 0 radical (unpaired) electrons. The van der Waals surface area contributed by atoms with Crippen LogP contribution in [0.25, 0.3) is 0 Å². The smallest absolute Gasteiger partial charge is 0.425 e. The molecular weight excluding hydrogens is 773 g/mol. The number of aliphatic carboxylic acids is 1. The summed E-state index contributed by atoms with van der Waals surface area (Å²) in [7, 11) is 0. The Morgan fingerprint density at radius 3 is 2.39 bits per heavy atom. The van der Waals surface area contributed by atoms with Crippen molar-refractivity contribution in [2.45, 2.75) is 94.1 Å². The normalized spacial score (nSPS) is 19.9. The van der Waals surface area contributed by atoms with Gasteiger partial charge in [-0.15, -0.1) is 11.3 Å². The second kappa shape index (κ2) is 17.1. The maximum absolute atomic E-state index is 14.9. The van der Waals surface area contributed by atoms with Crippen LogP contribution in [0, 0.1) is 17.1 Å². The Morgan fingerprint density at radius 1 is 1.04 bits per heavy atom. The number of halogens is 7. The Morgan fingerprint density at radius 2 is 1.77 bits per heavy atom. The fourth-order valence-corrected chi connectivity index (χ4v) is 8.12. The van der Waals surface area contributed by atoms with E-state index in [2.05, 4.69) is 11.1 Å². The van der Waals surface area contributed by atoms with Crippen LogP contribution in [0.15, 0.2) is 48.0 Å². The number of carbonyl (C=O) groups excluding carboxylic acids is 2. The van der Waals surface area contributed by atoms with E-state index >= 15 is 0 Å². The van der Waals surface area contributed by atoms with Gasteiger partial charge in [-0.05, 0) is 68.9 Å². The monoisotopic (exact) mass is 812 g/mol. The number of aromatic nitrogens is 1. The summed E-state index contributed by atoms with van der Waals surface area (Å²) < 4.78 is 110. The maximum atomic E-state index is 14.9. The first-order valence-corrected chi connectivity index (χ1v) is 18.9. The minimum atomic E-state index is -4.95. The number of ether oxygens (including phenoxy) is 2. The molecule has 2 saturated heterocycles. The summed E-state index contributed by atoms with van der Waals surface area (Å²) >= 11 is 0.331. The molecule has 0 spiro atoms. The number of nitriles is 1. The SMILES string of the molecule is CCCC1N(C(=O)c2ncccc2C(F)(F)F)CCC[C@@]1(Oc1csc(C(F)(F)F)c1)C(=O)N1CCC(C#N)(c2cc(F)ccc2OCCCCC(=O)O)CC1. The number of carbonyl (C=O) groups is 3. The number of benzene rings is 1. The molecule has 4 heterocycles. The Bertz CT molecular complexity index is 1940. The Hall–Kier alpha value is -4.92. The van der Waals surface area contributed by atoms with Gasteiger partial charge in [-0.1, -0.05) is 13.3 Å². The van der Waals surface area contributed by atoms with Crippen LogP contribution in [0.4, 0.5) is 30.7 Å². The molecule has 2 aliphatic heterocycles. The molecule has 56 heavy (non-hydrogen) atoms. The van der Waals surface area contributed by atoms with Crippen molar-refractivity contribution in [3.63, 3.8) is 0 Å². The predicted molar refractivity (Wildman–Crippen MR) is 187 cm³/mol. The summed E-state index contributed by atoms with van der Waals surface area (Å²) in [6.45, 7) is 1.48. The first kappa shape index (κ1) is 42.2. The quantitative estimate of drug-likeness (QED) is 0.135. The van der Waals surface area contributed by atoms with Crippen LogP contribution in [-0.2, 0) is 27.4 Å². The van der Waals surface area contributed by atoms with Crippen molar-refractivity contribution in [1.29, 1.82) is 5.26 Å². The Balaban J connectivity index is 1.49. The molecule has 2 aromatic heterocycles. The largest absolute Gasteiger partial charge is 0.493 e. The van der Waals surface area contributed by atoms with Crippen molar-refractivity contribution in [2.75, 3.05) is 26.2 Å². The zero-order valence-electron chi connectivity index (χ0n) is 30.2. The summed E-state index contributed by atoms with van der Waals surface area (Å²) in [5, 5.41) is 20.5. The molecule has 10 nitrogen and oxygen atoms in total. The average Bonchev–Trinajstić information content (AvgIpc) is 3.64. The van der Waals surface area contributed by atoms with Gasteiger partial charge >= 0.3 is 18.3 Å². The Labute approximate surface area is 321 Å². The molecular formula is C38H39F7N4O6S. The second-order valence-electron chi connectivity index (χ2n) is 13.8. The molecule has 1 aromatic carbocycles. The standard InChI is InChI=1S/C38H39F7N4O6S/c1-2-7-29-36(55-25-21-30(56-22-25)38(43,44)45,12-6-16-49(29)33(52)32-26(37(40,41)42)8-5-15-47-32)34(53)48-17-13-35(23-46,14-18-48)27-20-24(39)10-11-28(27)54-19-4-3-9-31(50)51/h5,8,10-11,15,20-22,29H,2-4,6-7,9,12-14,16-19H2,1H3,(H,50,51)/t29?,36-/m0/s1. The highest BCUT2D eigenvalue weighted by molar-refractivity contribution is 7.10. The number of rotatable bonds is 13. The van der Waals surface area contributed by atoms with Gasteiger partial charge in [0.15, 0.2) is 0 Å². The van der Waals surface area contributed by atoms with Crippen molar-refractivity contribution >= 4 is 29.1 Å². The third kappa shape index (κ3) is 9.03. The second-order valence-corrected chi connectivity index (χ2v) is 14.7. The lowest BCUT2D eigenvalue weighted by molar-refractivity contribution is -0.160. The van der Waals surface area contributed by atoms with E-state index in [4.69, 9.17) is 14.6 Å². The van der Waals surface area contributed by atoms with Crippen LogP contribution in [0.3, 0.4) is 0 Å². The van der Waals surface area contributed by atoms with Gasteiger partial charge in [0.25, 0.3) is 11.8 Å². The molecule has 2 aliphatic rings. The van der Waals surface area contributed by atoms with Crippen molar-refractivity contribution in [3.05, 3.63) is 75.5 Å². The van der Waals surface area contributed by atoms with Crippen molar-refractivity contribution in [1.82, 2.24) is 14.8 Å². The van der Waals surface area contributed by atoms with Crippen molar-refractivity contribution < 1.29 is 59.7 Å². The number of carboxylic acids is 1. The van der Waals surface area contributed by atoms with E-state index < -0.39 is 69.1 Å². The lowest BCUT2D eigenvalue weighted by Gasteiger charge is -2.51. The molecule has 0 aliphatic carbocycles. The first-order chi connectivity index (χ1) is 26.5. The zero-order chi connectivity index (χ0) is 40.9. The molecule has 3 aromatic rings. The molecule has 1 unspecified atom stereocenters. The molecule has 18 heteroatoms. The molecule has 1 N–H and O–H groups in total. The summed E-state index contributed by atoms with van der Waals surface area (Å²) in [5.74, 6) is -3.58. The number of pyridine rings is 1. The number of thiophene rings is 1. The van der Waals surface area contributed by atoms with E-state index in [1.165, 1.54) is 17.0 Å². The van der Waals surface area contributed by atoms with Gasteiger partial charge in [-0.3, -0.25) is 19.4 Å². The number of amides is 2. The highest BCUT2D eigenvalue weighted by atomic mass is 32.1. The van der Waals surface area contributed by atoms with Gasteiger partial charge in [0.1, 0.15) is 27.9 Å². The third-order valence-electron chi connectivity index (χ3n) is 10.1. The number of likely N-dealkylation sites (tertiary alicyclic amines) is 2. The van der Waals surface area contributed by atoms with Gasteiger partial charge < -0.3 is 24.4 Å². The van der Waals surface area contributed by atoms with Crippen LogP contribution in [-0.4, -0.2) is 75.6 Å². The van der Waals surface area contributed by atoms with Crippen molar-refractivity contribution in [2.24, 2.45) is 0 Å². The summed E-state index contributed by atoms with van der Waals surface area (Å²) in [4.78, 5) is 45.1. The van der Waals surface area contributed by atoms with E-state index in [1.54, 1.807) is 6.92 Å². The van der Waals surface area contributed by atoms with Gasteiger partial charge in [0.2, 0.25) is 5.60 Å². The number of hydrogen-bond acceptors (Lipinski definition) is 8. The molecule has 2 atom stereocenters. The lowest BCUT2D eigenvalue weighted by atomic mass is 9.72. The molecule has 2 fully saturated rings.